The Kier molecular flexibility index (Phi) is 6.53. The summed E-state index contributed by atoms with van der Waals surface area (Å²) in [5, 5.41) is 6.58. The fourth-order valence-electron chi connectivity index (χ4n) is 3.51. The molecule has 2 aromatic carbocycles. The van der Waals surface area contributed by atoms with Crippen LogP contribution in [0.2, 0.25) is 10.0 Å². The lowest BCUT2D eigenvalue weighted by atomic mass is 10.1. The number of carbonyl (C=O) groups is 1. The quantitative estimate of drug-likeness (QED) is 0.497. The molecule has 4 rings (SSSR count). The molecule has 2 aromatic rings. The molecule has 2 aliphatic heterocycles. The highest BCUT2D eigenvalue weighted by Gasteiger charge is 2.26. The number of halogens is 3. The molecule has 9 heteroatoms. The van der Waals surface area contributed by atoms with E-state index < -0.39 is 5.82 Å². The lowest BCUT2D eigenvalue weighted by Crippen LogP contribution is -2.51. The van der Waals surface area contributed by atoms with Crippen LogP contribution in [0.4, 0.5) is 4.39 Å². The highest BCUT2D eigenvalue weighted by molar-refractivity contribution is 6.36. The Hall–Kier alpha value is -2.90. The van der Waals surface area contributed by atoms with Gasteiger partial charge in [-0.25, -0.2) is 4.39 Å². The summed E-state index contributed by atoms with van der Waals surface area (Å²) in [4.78, 5) is 14.6. The van der Waals surface area contributed by atoms with Crippen LogP contribution in [0.1, 0.15) is 11.1 Å². The summed E-state index contributed by atoms with van der Waals surface area (Å²) < 4.78 is 13.9. The molecule has 0 aliphatic carbocycles. The van der Waals surface area contributed by atoms with E-state index >= 15 is 0 Å². The van der Waals surface area contributed by atoms with Crippen LogP contribution < -0.4 is 21.5 Å². The van der Waals surface area contributed by atoms with E-state index in [0.717, 1.165) is 23.5 Å². The lowest BCUT2D eigenvalue weighted by molar-refractivity contribution is -0.118. The molecule has 2 aliphatic rings. The molecular formula is C22H22Cl2FN5O. The van der Waals surface area contributed by atoms with Gasteiger partial charge in [0.05, 0.1) is 10.7 Å². The molecular weight excluding hydrogens is 440 g/mol. The first kappa shape index (κ1) is 21.3. The Labute approximate surface area is 190 Å². The largest absolute Gasteiger partial charge is 0.367 e. The van der Waals surface area contributed by atoms with E-state index in [2.05, 4.69) is 21.5 Å². The number of benzene rings is 2. The number of nitrogens with one attached hydrogen (secondary N) is 4. The molecule has 31 heavy (non-hydrogen) atoms. The van der Waals surface area contributed by atoms with Crippen LogP contribution in [-0.2, 0) is 17.8 Å². The number of carbonyl (C=O) groups excluding carboxylic acids is 1. The molecule has 0 aromatic heterocycles. The molecule has 0 saturated carbocycles. The predicted octanol–water partition coefficient (Wildman–Crippen LogP) is 3.06. The maximum atomic E-state index is 13.9. The van der Waals surface area contributed by atoms with Crippen molar-refractivity contribution in [2.45, 2.75) is 13.0 Å². The summed E-state index contributed by atoms with van der Waals surface area (Å²) in [5.74, 6) is 0.000855. The van der Waals surface area contributed by atoms with E-state index in [1.54, 1.807) is 6.08 Å². The second-order valence-corrected chi connectivity index (χ2v) is 8.01. The number of hydrazine groups is 1. The summed E-state index contributed by atoms with van der Waals surface area (Å²) in [6.45, 7) is 2.15. The van der Waals surface area contributed by atoms with Crippen molar-refractivity contribution in [2.75, 3.05) is 19.6 Å². The van der Waals surface area contributed by atoms with Crippen molar-refractivity contribution in [3.05, 3.63) is 92.7 Å². The standard InChI is InChI=1S/C22H22Cl2FN5O/c23-16-6-7-17(25)20(24)15(16)13-30-11-10-26-21-19(30)12-18(28-29-21)22(31)27-9-8-14-4-2-1-3-5-14/h1-7,12,26,28-29H,8-11,13H2,(H,27,31). The van der Waals surface area contributed by atoms with Crippen LogP contribution >= 0.6 is 23.2 Å². The van der Waals surface area contributed by atoms with Gasteiger partial charge in [0.1, 0.15) is 17.3 Å². The third-order valence-corrected chi connectivity index (χ3v) is 5.92. The van der Waals surface area contributed by atoms with Gasteiger partial charge in [-0.05, 0) is 30.2 Å². The fraction of sp³-hybridized carbons (Fsp3) is 0.227. The van der Waals surface area contributed by atoms with Crippen molar-refractivity contribution < 1.29 is 9.18 Å². The molecule has 0 spiro atoms. The molecule has 4 N–H and O–H groups in total. The van der Waals surface area contributed by atoms with Crippen LogP contribution in [0.25, 0.3) is 0 Å². The molecule has 0 radical (unpaired) electrons. The SMILES string of the molecule is O=C(NCCc1ccccc1)C1=CC2=C(NCCN2Cc2c(Cl)ccc(F)c2Cl)NN1. The Morgan fingerprint density at radius 3 is 2.74 bits per heavy atom. The van der Waals surface area contributed by atoms with Crippen LogP contribution in [0.3, 0.4) is 0 Å². The van der Waals surface area contributed by atoms with Gasteiger partial charge in [-0.1, -0.05) is 53.5 Å². The van der Waals surface area contributed by atoms with Crippen molar-refractivity contribution in [2.24, 2.45) is 0 Å². The van der Waals surface area contributed by atoms with E-state index in [-0.39, 0.29) is 10.9 Å². The summed E-state index contributed by atoms with van der Waals surface area (Å²) in [5.41, 5.74) is 8.77. The Morgan fingerprint density at radius 1 is 1.13 bits per heavy atom. The molecule has 162 valence electrons. The highest BCUT2D eigenvalue weighted by Crippen LogP contribution is 2.30. The van der Waals surface area contributed by atoms with E-state index in [9.17, 15) is 9.18 Å². The number of hydrogen-bond acceptors (Lipinski definition) is 5. The number of nitrogens with zero attached hydrogens (tertiary/aromatic N) is 1. The van der Waals surface area contributed by atoms with Crippen LogP contribution in [0.5, 0.6) is 0 Å². The van der Waals surface area contributed by atoms with Gasteiger partial charge >= 0.3 is 0 Å². The van der Waals surface area contributed by atoms with E-state index in [1.807, 2.05) is 35.2 Å². The minimum atomic E-state index is -0.511. The van der Waals surface area contributed by atoms with Gasteiger partial charge in [0.15, 0.2) is 0 Å². The maximum absolute atomic E-state index is 13.9. The summed E-state index contributed by atoms with van der Waals surface area (Å²) >= 11 is 12.4. The molecule has 6 nitrogen and oxygen atoms in total. The number of allylic oxidation sites excluding steroid dienone is 1. The van der Waals surface area contributed by atoms with Crippen LogP contribution in [-0.4, -0.2) is 30.4 Å². The Morgan fingerprint density at radius 2 is 1.94 bits per heavy atom. The Bertz CT molecular complexity index is 1040. The normalized spacial score (nSPS) is 15.3. The van der Waals surface area contributed by atoms with Gasteiger partial charge in [-0.2, -0.15) is 0 Å². The average Bonchev–Trinajstić information content (AvgIpc) is 2.79. The molecule has 0 atom stereocenters. The molecule has 0 fully saturated rings. The summed E-state index contributed by atoms with van der Waals surface area (Å²) in [6, 6.07) is 12.7. The monoisotopic (exact) mass is 461 g/mol. The number of rotatable bonds is 6. The van der Waals surface area contributed by atoms with Gasteiger partial charge in [-0.15, -0.1) is 0 Å². The zero-order chi connectivity index (χ0) is 21.8. The van der Waals surface area contributed by atoms with E-state index in [1.165, 1.54) is 12.1 Å². The molecule has 0 saturated heterocycles. The minimum absolute atomic E-state index is 0.0120. The zero-order valence-corrected chi connectivity index (χ0v) is 18.2. The third-order valence-electron chi connectivity index (χ3n) is 5.16. The van der Waals surface area contributed by atoms with Crippen molar-refractivity contribution in [1.29, 1.82) is 0 Å². The molecule has 0 bridgehead atoms. The van der Waals surface area contributed by atoms with E-state index in [4.69, 9.17) is 23.2 Å². The lowest BCUT2D eigenvalue weighted by Gasteiger charge is -2.36. The van der Waals surface area contributed by atoms with Crippen LogP contribution in [0, 0.1) is 5.82 Å². The van der Waals surface area contributed by atoms with Gasteiger partial charge < -0.3 is 15.5 Å². The zero-order valence-electron chi connectivity index (χ0n) is 16.6. The summed E-state index contributed by atoms with van der Waals surface area (Å²) in [7, 11) is 0. The van der Waals surface area contributed by atoms with E-state index in [0.29, 0.717) is 42.5 Å². The first-order chi connectivity index (χ1) is 15.0. The van der Waals surface area contributed by atoms with Crippen LogP contribution in [0.15, 0.2) is 65.8 Å². The number of hydrogen-bond donors (Lipinski definition) is 4. The first-order valence-electron chi connectivity index (χ1n) is 9.94. The first-order valence-corrected chi connectivity index (χ1v) is 10.7. The molecule has 1 amide bonds. The second kappa shape index (κ2) is 9.49. The molecule has 0 unspecified atom stereocenters. The fourth-order valence-corrected chi connectivity index (χ4v) is 4.00. The molecule has 2 heterocycles. The maximum Gasteiger partial charge on any atom is 0.269 e. The highest BCUT2D eigenvalue weighted by atomic mass is 35.5. The van der Waals surface area contributed by atoms with Gasteiger partial charge in [0, 0.05) is 36.8 Å². The van der Waals surface area contributed by atoms with Crippen molar-refractivity contribution in [1.82, 2.24) is 26.4 Å². The topological polar surface area (TPSA) is 68.4 Å². The Balaban J connectivity index is 1.47. The average molecular weight is 462 g/mol. The smallest absolute Gasteiger partial charge is 0.269 e. The second-order valence-electron chi connectivity index (χ2n) is 7.23. The number of amides is 1. The van der Waals surface area contributed by atoms with Crippen molar-refractivity contribution in [3.63, 3.8) is 0 Å². The van der Waals surface area contributed by atoms with Crippen molar-refractivity contribution in [3.8, 4) is 0 Å². The van der Waals surface area contributed by atoms with Crippen molar-refractivity contribution >= 4 is 29.1 Å². The summed E-state index contributed by atoms with van der Waals surface area (Å²) in [6.07, 6.45) is 2.50. The van der Waals surface area contributed by atoms with Gasteiger partial charge in [-0.3, -0.25) is 15.6 Å². The predicted molar refractivity (Wildman–Crippen MR) is 119 cm³/mol. The third kappa shape index (κ3) is 4.89. The van der Waals surface area contributed by atoms with Gasteiger partial charge in [0.25, 0.3) is 5.91 Å². The van der Waals surface area contributed by atoms with Gasteiger partial charge in [0.2, 0.25) is 0 Å². The minimum Gasteiger partial charge on any atom is -0.367 e.